The van der Waals surface area contributed by atoms with Crippen molar-refractivity contribution in [3.63, 3.8) is 0 Å². The number of rotatable bonds is 6. The zero-order chi connectivity index (χ0) is 18.4. The summed E-state index contributed by atoms with van der Waals surface area (Å²) >= 11 is 0. The van der Waals surface area contributed by atoms with Crippen molar-refractivity contribution < 1.29 is 9.59 Å². The minimum absolute atomic E-state index is 0.0407. The third-order valence-corrected chi connectivity index (χ3v) is 4.10. The van der Waals surface area contributed by atoms with Crippen molar-refractivity contribution in [3.05, 3.63) is 71.3 Å². The van der Waals surface area contributed by atoms with E-state index in [0.29, 0.717) is 18.7 Å². The van der Waals surface area contributed by atoms with Crippen molar-refractivity contribution >= 4 is 11.8 Å². The number of nitrogens with zero attached hydrogens (tertiary/aromatic N) is 2. The van der Waals surface area contributed by atoms with Crippen LogP contribution in [0.3, 0.4) is 0 Å². The summed E-state index contributed by atoms with van der Waals surface area (Å²) in [5.74, 6) is -0.150. The fourth-order valence-corrected chi connectivity index (χ4v) is 2.58. The van der Waals surface area contributed by atoms with Gasteiger partial charge in [0.2, 0.25) is 5.91 Å². The first-order valence-corrected chi connectivity index (χ1v) is 8.34. The van der Waals surface area contributed by atoms with Crippen LogP contribution in [-0.2, 0) is 11.3 Å². The fraction of sp³-hybridized carbons (Fsp3) is 0.300. The highest BCUT2D eigenvalue weighted by molar-refractivity contribution is 5.93. The van der Waals surface area contributed by atoms with Crippen LogP contribution in [-0.4, -0.2) is 42.3 Å². The molecule has 1 atom stereocenters. The van der Waals surface area contributed by atoms with E-state index in [9.17, 15) is 9.59 Å². The van der Waals surface area contributed by atoms with Gasteiger partial charge in [-0.1, -0.05) is 42.5 Å². The molecule has 2 N–H and O–H groups in total. The van der Waals surface area contributed by atoms with Gasteiger partial charge in [-0.15, -0.1) is 0 Å². The molecule has 0 heterocycles. The van der Waals surface area contributed by atoms with Gasteiger partial charge in [-0.05, 0) is 30.2 Å². The lowest BCUT2D eigenvalue weighted by Crippen LogP contribution is -2.38. The maximum Gasteiger partial charge on any atom is 0.253 e. The Hall–Kier alpha value is -2.66. The smallest absolute Gasteiger partial charge is 0.253 e. The third-order valence-electron chi connectivity index (χ3n) is 4.10. The molecular formula is C20H25N3O2. The molecule has 2 aromatic rings. The van der Waals surface area contributed by atoms with Crippen LogP contribution < -0.4 is 5.73 Å². The number of amides is 2. The molecule has 0 aliphatic carbocycles. The molecule has 0 bridgehead atoms. The zero-order valence-corrected chi connectivity index (χ0v) is 15.0. The van der Waals surface area contributed by atoms with Crippen LogP contribution in [0.2, 0.25) is 0 Å². The van der Waals surface area contributed by atoms with Gasteiger partial charge in [0.05, 0.1) is 0 Å². The second kappa shape index (κ2) is 8.44. The van der Waals surface area contributed by atoms with Crippen molar-refractivity contribution in [2.24, 2.45) is 5.73 Å². The molecule has 0 aliphatic heterocycles. The van der Waals surface area contributed by atoms with Crippen LogP contribution in [0.15, 0.2) is 54.6 Å². The Morgan fingerprint density at radius 3 is 2.12 bits per heavy atom. The van der Waals surface area contributed by atoms with Crippen LogP contribution >= 0.6 is 0 Å². The summed E-state index contributed by atoms with van der Waals surface area (Å²) in [6, 6.07) is 16.0. The van der Waals surface area contributed by atoms with E-state index in [2.05, 4.69) is 0 Å². The fourth-order valence-electron chi connectivity index (χ4n) is 2.58. The molecule has 0 aliphatic rings. The standard InChI is InChI=1S/C20H25N3O2/c1-4-23(20(25)18(21)16-8-6-5-7-9-16)14-15-10-12-17(13-11-15)19(24)22(2)3/h5-13,18H,4,14,21H2,1-3H3. The van der Waals surface area contributed by atoms with Gasteiger partial charge >= 0.3 is 0 Å². The lowest BCUT2D eigenvalue weighted by Gasteiger charge is -2.25. The van der Waals surface area contributed by atoms with Gasteiger partial charge in [0, 0.05) is 32.7 Å². The summed E-state index contributed by atoms with van der Waals surface area (Å²) in [4.78, 5) is 27.9. The van der Waals surface area contributed by atoms with E-state index in [1.807, 2.05) is 49.4 Å². The van der Waals surface area contributed by atoms with E-state index >= 15 is 0 Å². The largest absolute Gasteiger partial charge is 0.345 e. The Morgan fingerprint density at radius 2 is 1.60 bits per heavy atom. The first-order valence-electron chi connectivity index (χ1n) is 8.34. The number of carbonyl (C=O) groups is 2. The maximum absolute atomic E-state index is 12.7. The number of hydrogen-bond donors (Lipinski definition) is 1. The van der Waals surface area contributed by atoms with Gasteiger partial charge in [-0.2, -0.15) is 0 Å². The van der Waals surface area contributed by atoms with Crippen molar-refractivity contribution in [1.29, 1.82) is 0 Å². The molecule has 25 heavy (non-hydrogen) atoms. The average Bonchev–Trinajstić information content (AvgIpc) is 2.65. The van der Waals surface area contributed by atoms with Gasteiger partial charge in [0.1, 0.15) is 6.04 Å². The van der Waals surface area contributed by atoms with E-state index in [0.717, 1.165) is 11.1 Å². The first-order chi connectivity index (χ1) is 11.9. The lowest BCUT2D eigenvalue weighted by molar-refractivity contribution is -0.133. The highest BCUT2D eigenvalue weighted by Gasteiger charge is 2.21. The minimum Gasteiger partial charge on any atom is -0.345 e. The molecule has 2 rings (SSSR count). The SMILES string of the molecule is CCN(Cc1ccc(C(=O)N(C)C)cc1)C(=O)C(N)c1ccccc1. The molecule has 2 aromatic carbocycles. The monoisotopic (exact) mass is 339 g/mol. The second-order valence-corrected chi connectivity index (χ2v) is 6.14. The topological polar surface area (TPSA) is 66.6 Å². The third kappa shape index (κ3) is 4.67. The molecule has 0 aromatic heterocycles. The predicted molar refractivity (Wildman–Crippen MR) is 98.9 cm³/mol. The summed E-state index contributed by atoms with van der Waals surface area (Å²) in [5.41, 5.74) is 8.52. The van der Waals surface area contributed by atoms with Crippen molar-refractivity contribution in [3.8, 4) is 0 Å². The summed E-state index contributed by atoms with van der Waals surface area (Å²) in [7, 11) is 3.44. The van der Waals surface area contributed by atoms with Crippen LogP contribution in [0.1, 0.15) is 34.5 Å². The molecule has 0 fully saturated rings. The highest BCUT2D eigenvalue weighted by atomic mass is 16.2. The minimum atomic E-state index is -0.671. The molecule has 0 saturated heterocycles. The van der Waals surface area contributed by atoms with Crippen LogP contribution in [0.4, 0.5) is 0 Å². The number of carbonyl (C=O) groups excluding carboxylic acids is 2. The second-order valence-electron chi connectivity index (χ2n) is 6.14. The van der Waals surface area contributed by atoms with Crippen LogP contribution in [0.5, 0.6) is 0 Å². The van der Waals surface area contributed by atoms with Gasteiger partial charge in [-0.3, -0.25) is 9.59 Å². The van der Waals surface area contributed by atoms with Gasteiger partial charge < -0.3 is 15.5 Å². The van der Waals surface area contributed by atoms with Crippen molar-refractivity contribution in [2.75, 3.05) is 20.6 Å². The Bertz CT molecular complexity index is 711. The maximum atomic E-state index is 12.7. The summed E-state index contributed by atoms with van der Waals surface area (Å²) < 4.78 is 0. The lowest BCUT2D eigenvalue weighted by atomic mass is 10.1. The van der Waals surface area contributed by atoms with Crippen LogP contribution in [0.25, 0.3) is 0 Å². The molecule has 1 unspecified atom stereocenters. The number of nitrogens with two attached hydrogens (primary N) is 1. The first kappa shape index (κ1) is 18.7. The Balaban J connectivity index is 2.08. The van der Waals surface area contributed by atoms with Crippen molar-refractivity contribution in [1.82, 2.24) is 9.80 Å². The number of hydrogen-bond acceptors (Lipinski definition) is 3. The molecule has 0 spiro atoms. The molecule has 0 radical (unpaired) electrons. The molecule has 2 amide bonds. The average molecular weight is 339 g/mol. The van der Waals surface area contributed by atoms with Gasteiger partial charge in [0.25, 0.3) is 5.91 Å². The Morgan fingerprint density at radius 1 is 1.00 bits per heavy atom. The predicted octanol–water partition coefficient (Wildman–Crippen LogP) is 2.44. The molecular weight excluding hydrogens is 314 g/mol. The van der Waals surface area contributed by atoms with Crippen molar-refractivity contribution in [2.45, 2.75) is 19.5 Å². The molecule has 0 saturated carbocycles. The zero-order valence-electron chi connectivity index (χ0n) is 15.0. The van der Waals surface area contributed by atoms with Gasteiger partial charge in [-0.25, -0.2) is 0 Å². The quantitative estimate of drug-likeness (QED) is 0.879. The summed E-state index contributed by atoms with van der Waals surface area (Å²) in [6.07, 6.45) is 0. The molecule has 5 heteroatoms. The van der Waals surface area contributed by atoms with E-state index in [1.54, 1.807) is 31.1 Å². The summed E-state index contributed by atoms with van der Waals surface area (Å²) in [6.45, 7) is 2.96. The normalized spacial score (nSPS) is 11.7. The van der Waals surface area contributed by atoms with E-state index < -0.39 is 6.04 Å². The van der Waals surface area contributed by atoms with E-state index in [1.165, 1.54) is 4.90 Å². The van der Waals surface area contributed by atoms with E-state index in [-0.39, 0.29) is 11.8 Å². The molecule has 5 nitrogen and oxygen atoms in total. The number of benzene rings is 2. The van der Waals surface area contributed by atoms with Gasteiger partial charge in [0.15, 0.2) is 0 Å². The Kier molecular flexibility index (Phi) is 6.31. The molecule has 132 valence electrons. The van der Waals surface area contributed by atoms with Crippen LogP contribution in [0, 0.1) is 0 Å². The number of likely N-dealkylation sites (N-methyl/N-ethyl adjacent to an activating group) is 1. The highest BCUT2D eigenvalue weighted by Crippen LogP contribution is 2.15. The van der Waals surface area contributed by atoms with E-state index in [4.69, 9.17) is 5.73 Å². The summed E-state index contributed by atoms with van der Waals surface area (Å²) in [5, 5.41) is 0. The Labute approximate surface area is 149 Å².